The maximum atomic E-state index is 12.7. The number of hydrogen-bond donors (Lipinski definition) is 1. The second kappa shape index (κ2) is 6.22. The Balaban J connectivity index is 1.77. The number of carbonyl (C=O) groups excluding carboxylic acids is 2. The van der Waals surface area contributed by atoms with Gasteiger partial charge < -0.3 is 4.57 Å². The summed E-state index contributed by atoms with van der Waals surface area (Å²) < 4.78 is 1.80. The lowest BCUT2D eigenvalue weighted by Gasteiger charge is -2.13. The van der Waals surface area contributed by atoms with E-state index in [0.29, 0.717) is 5.69 Å². The topological polar surface area (TPSA) is 78.1 Å². The van der Waals surface area contributed by atoms with Crippen molar-refractivity contribution < 1.29 is 9.59 Å². The molecule has 0 atom stereocenters. The first-order chi connectivity index (χ1) is 12.7. The van der Waals surface area contributed by atoms with Crippen molar-refractivity contribution in [2.24, 2.45) is 0 Å². The van der Waals surface area contributed by atoms with E-state index in [1.165, 1.54) is 5.01 Å². The third kappa shape index (κ3) is 2.52. The van der Waals surface area contributed by atoms with Gasteiger partial charge in [0.2, 0.25) is 0 Å². The Hall–Kier alpha value is -3.85. The Bertz CT molecular complexity index is 1090. The van der Waals surface area contributed by atoms with Crippen LogP contribution >= 0.6 is 0 Å². The number of nitrogens with one attached hydrogen (secondary N) is 1. The molecular formula is C20H14N4O2. The van der Waals surface area contributed by atoms with Crippen LogP contribution in [-0.4, -0.2) is 16.4 Å². The molecule has 1 aromatic heterocycles. The molecule has 1 fully saturated rings. The number of aromatic nitrogens is 1. The lowest BCUT2D eigenvalue weighted by atomic mass is 10.1. The molecule has 0 aliphatic carbocycles. The lowest BCUT2D eigenvalue weighted by molar-refractivity contribution is -0.117. The molecule has 0 bridgehead atoms. The lowest BCUT2D eigenvalue weighted by Crippen LogP contribution is -2.35. The fraction of sp³-hybridized carbons (Fsp3) is 0.0500. The minimum absolute atomic E-state index is 0.0636. The average molecular weight is 342 g/mol. The summed E-state index contributed by atoms with van der Waals surface area (Å²) in [7, 11) is 0. The minimum Gasteiger partial charge on any atom is -0.333 e. The van der Waals surface area contributed by atoms with Gasteiger partial charge in [-0.2, -0.15) is 5.26 Å². The number of anilines is 1. The first-order valence-corrected chi connectivity index (χ1v) is 8.06. The fourth-order valence-electron chi connectivity index (χ4n) is 3.07. The van der Waals surface area contributed by atoms with Crippen LogP contribution in [0.25, 0.3) is 17.0 Å². The van der Waals surface area contributed by atoms with E-state index in [1.807, 2.05) is 30.3 Å². The Labute approximate surface area is 149 Å². The molecule has 126 valence electrons. The summed E-state index contributed by atoms with van der Waals surface area (Å²) in [6.07, 6.45) is 3.36. The van der Waals surface area contributed by atoms with Crippen molar-refractivity contribution in [2.45, 2.75) is 6.54 Å². The van der Waals surface area contributed by atoms with Crippen LogP contribution in [-0.2, 0) is 16.1 Å². The molecule has 2 amide bonds. The Morgan fingerprint density at radius 1 is 1.04 bits per heavy atom. The molecule has 6 nitrogen and oxygen atoms in total. The van der Waals surface area contributed by atoms with Gasteiger partial charge in [0, 0.05) is 22.7 Å². The van der Waals surface area contributed by atoms with Gasteiger partial charge in [-0.05, 0) is 24.3 Å². The highest BCUT2D eigenvalue weighted by atomic mass is 16.2. The zero-order chi connectivity index (χ0) is 18.1. The van der Waals surface area contributed by atoms with Crippen LogP contribution in [0.5, 0.6) is 0 Å². The number of amides is 2. The summed E-state index contributed by atoms with van der Waals surface area (Å²) in [5.41, 5.74) is 4.86. The maximum Gasteiger partial charge on any atom is 0.282 e. The van der Waals surface area contributed by atoms with E-state index in [1.54, 1.807) is 41.1 Å². The fourth-order valence-corrected chi connectivity index (χ4v) is 3.07. The van der Waals surface area contributed by atoms with Gasteiger partial charge in [0.15, 0.2) is 0 Å². The number of carbonyl (C=O) groups is 2. The highest BCUT2D eigenvalue weighted by Crippen LogP contribution is 2.26. The Morgan fingerprint density at radius 2 is 1.77 bits per heavy atom. The number of nitriles is 1. The van der Waals surface area contributed by atoms with Gasteiger partial charge in [0.1, 0.15) is 12.1 Å². The minimum atomic E-state index is -0.448. The molecule has 2 aromatic carbocycles. The van der Waals surface area contributed by atoms with Crippen molar-refractivity contribution >= 4 is 34.5 Å². The normalized spacial score (nSPS) is 15.5. The number of nitrogens with zero attached hydrogens (tertiary/aromatic N) is 3. The number of hydrazine groups is 1. The number of hydrogen-bond acceptors (Lipinski definition) is 3. The first-order valence-electron chi connectivity index (χ1n) is 8.06. The van der Waals surface area contributed by atoms with Crippen LogP contribution < -0.4 is 10.4 Å². The van der Waals surface area contributed by atoms with Gasteiger partial charge in [0.05, 0.1) is 11.8 Å². The molecule has 26 heavy (non-hydrogen) atoms. The smallest absolute Gasteiger partial charge is 0.282 e. The summed E-state index contributed by atoms with van der Waals surface area (Å²) in [4.78, 5) is 25.0. The summed E-state index contributed by atoms with van der Waals surface area (Å²) >= 11 is 0. The van der Waals surface area contributed by atoms with Crippen molar-refractivity contribution in [3.05, 3.63) is 71.9 Å². The van der Waals surface area contributed by atoms with E-state index in [-0.39, 0.29) is 12.1 Å². The van der Waals surface area contributed by atoms with Gasteiger partial charge in [-0.25, -0.2) is 5.01 Å². The van der Waals surface area contributed by atoms with E-state index in [2.05, 4.69) is 11.5 Å². The van der Waals surface area contributed by atoms with Crippen LogP contribution in [0, 0.1) is 11.3 Å². The molecule has 1 aliphatic rings. The third-order valence-corrected chi connectivity index (χ3v) is 4.27. The van der Waals surface area contributed by atoms with E-state index in [9.17, 15) is 9.59 Å². The molecule has 4 rings (SSSR count). The molecule has 0 unspecified atom stereocenters. The number of benzene rings is 2. The second-order valence-electron chi connectivity index (χ2n) is 5.86. The standard InChI is InChI=1S/C20H14N4O2/c21-10-11-23-13-14(16-8-4-5-9-18(16)23)12-17-19(25)22-24(20(17)26)15-6-2-1-3-7-15/h1-9,12-13H,11H2,(H,22,25)/b17-12-. The van der Waals surface area contributed by atoms with Gasteiger partial charge in [0.25, 0.3) is 11.8 Å². The van der Waals surface area contributed by atoms with E-state index >= 15 is 0 Å². The molecule has 0 spiro atoms. The number of para-hydroxylation sites is 2. The zero-order valence-electron chi connectivity index (χ0n) is 13.7. The average Bonchev–Trinajstić information content (AvgIpc) is 3.16. The predicted molar refractivity (Wildman–Crippen MR) is 97.6 cm³/mol. The summed E-state index contributed by atoms with van der Waals surface area (Å²) in [5.74, 6) is -0.853. The molecule has 6 heteroatoms. The second-order valence-corrected chi connectivity index (χ2v) is 5.86. The van der Waals surface area contributed by atoms with Crippen molar-refractivity contribution in [2.75, 3.05) is 5.01 Å². The molecular weight excluding hydrogens is 328 g/mol. The van der Waals surface area contributed by atoms with Gasteiger partial charge >= 0.3 is 0 Å². The van der Waals surface area contributed by atoms with Crippen LogP contribution in [0.3, 0.4) is 0 Å². The van der Waals surface area contributed by atoms with E-state index < -0.39 is 11.8 Å². The van der Waals surface area contributed by atoms with Crippen molar-refractivity contribution in [1.82, 2.24) is 9.99 Å². The van der Waals surface area contributed by atoms with Crippen LogP contribution in [0.15, 0.2) is 66.4 Å². The SMILES string of the molecule is N#CCn1cc(/C=C2/C(=O)NN(c3ccccc3)C2=O)c2ccccc21. The zero-order valence-corrected chi connectivity index (χ0v) is 13.7. The van der Waals surface area contributed by atoms with Crippen LogP contribution in [0.2, 0.25) is 0 Å². The summed E-state index contributed by atoms with van der Waals surface area (Å²) in [5, 5.41) is 11.1. The van der Waals surface area contributed by atoms with E-state index in [4.69, 9.17) is 5.26 Å². The predicted octanol–water partition coefficient (Wildman–Crippen LogP) is 2.63. The van der Waals surface area contributed by atoms with Gasteiger partial charge in [-0.3, -0.25) is 15.0 Å². The highest BCUT2D eigenvalue weighted by Gasteiger charge is 2.34. The maximum absolute atomic E-state index is 12.7. The molecule has 1 aliphatic heterocycles. The summed E-state index contributed by atoms with van der Waals surface area (Å²) in [6, 6.07) is 18.6. The highest BCUT2D eigenvalue weighted by molar-refractivity contribution is 6.32. The van der Waals surface area contributed by atoms with Crippen molar-refractivity contribution in [3.8, 4) is 6.07 Å². The van der Waals surface area contributed by atoms with Crippen LogP contribution in [0.1, 0.15) is 5.56 Å². The Kier molecular flexibility index (Phi) is 3.75. The van der Waals surface area contributed by atoms with Crippen LogP contribution in [0.4, 0.5) is 5.69 Å². The molecule has 1 N–H and O–H groups in total. The van der Waals surface area contributed by atoms with Gasteiger partial charge in [-0.1, -0.05) is 36.4 Å². The Morgan fingerprint density at radius 3 is 2.54 bits per heavy atom. The van der Waals surface area contributed by atoms with Crippen molar-refractivity contribution in [3.63, 3.8) is 0 Å². The molecule has 3 aromatic rings. The largest absolute Gasteiger partial charge is 0.333 e. The number of rotatable bonds is 3. The first kappa shape index (κ1) is 15.7. The molecule has 0 saturated carbocycles. The monoisotopic (exact) mass is 342 g/mol. The van der Waals surface area contributed by atoms with Gasteiger partial charge in [-0.15, -0.1) is 0 Å². The third-order valence-electron chi connectivity index (χ3n) is 4.27. The molecule has 2 heterocycles. The quantitative estimate of drug-likeness (QED) is 0.587. The number of fused-ring (bicyclic) bond motifs is 1. The molecule has 0 radical (unpaired) electrons. The molecule has 1 saturated heterocycles. The summed E-state index contributed by atoms with van der Waals surface area (Å²) in [6.45, 7) is 0.194. The van der Waals surface area contributed by atoms with E-state index in [0.717, 1.165) is 16.5 Å². The van der Waals surface area contributed by atoms with Crippen molar-refractivity contribution in [1.29, 1.82) is 5.26 Å².